The Hall–Kier alpha value is -1.31. The zero-order valence-electron chi connectivity index (χ0n) is 10.7. The van der Waals surface area contributed by atoms with Crippen molar-refractivity contribution in [1.29, 1.82) is 0 Å². The molecule has 0 atom stereocenters. The van der Waals surface area contributed by atoms with Crippen molar-refractivity contribution in [2.24, 2.45) is 0 Å². The van der Waals surface area contributed by atoms with Gasteiger partial charge in [-0.15, -0.1) is 0 Å². The maximum absolute atomic E-state index is 12.2. The van der Waals surface area contributed by atoms with Crippen LogP contribution in [0.5, 0.6) is 5.75 Å². The summed E-state index contributed by atoms with van der Waals surface area (Å²) in [5, 5.41) is 0. The first-order chi connectivity index (χ1) is 8.47. The lowest BCUT2D eigenvalue weighted by atomic mass is 10.3. The minimum Gasteiger partial charge on any atom is -0.495 e. The lowest BCUT2D eigenvalue weighted by Crippen LogP contribution is -2.30. The standard InChI is InChI=1S/C11H18N2O4S/c1-4-7-13(17-3)18(14,15)9-5-6-10(12)11(8-9)16-2/h5-6,8H,4,7,12H2,1-3H3. The molecule has 0 fully saturated rings. The molecule has 1 aromatic carbocycles. The summed E-state index contributed by atoms with van der Waals surface area (Å²) < 4.78 is 30.4. The van der Waals surface area contributed by atoms with Crippen molar-refractivity contribution in [3.05, 3.63) is 18.2 Å². The van der Waals surface area contributed by atoms with Gasteiger partial charge in [0.2, 0.25) is 0 Å². The molecule has 7 heteroatoms. The molecule has 18 heavy (non-hydrogen) atoms. The molecule has 1 aromatic rings. The predicted molar refractivity (Wildman–Crippen MR) is 68.6 cm³/mol. The Morgan fingerprint density at radius 1 is 1.33 bits per heavy atom. The van der Waals surface area contributed by atoms with E-state index in [0.29, 0.717) is 17.9 Å². The monoisotopic (exact) mass is 274 g/mol. The van der Waals surface area contributed by atoms with Gasteiger partial charge in [0.1, 0.15) is 5.75 Å². The van der Waals surface area contributed by atoms with E-state index in [4.69, 9.17) is 15.3 Å². The first-order valence-electron chi connectivity index (χ1n) is 5.47. The average Bonchev–Trinajstić information content (AvgIpc) is 2.35. The van der Waals surface area contributed by atoms with Crippen LogP contribution in [0, 0.1) is 0 Å². The van der Waals surface area contributed by atoms with Crippen LogP contribution in [0.2, 0.25) is 0 Å². The maximum atomic E-state index is 12.2. The van der Waals surface area contributed by atoms with Crippen molar-refractivity contribution in [2.45, 2.75) is 18.2 Å². The van der Waals surface area contributed by atoms with Crippen LogP contribution in [-0.4, -0.2) is 33.7 Å². The van der Waals surface area contributed by atoms with Crippen LogP contribution >= 0.6 is 0 Å². The number of hydrogen-bond acceptors (Lipinski definition) is 5. The van der Waals surface area contributed by atoms with Crippen LogP contribution in [0.1, 0.15) is 13.3 Å². The van der Waals surface area contributed by atoms with Gasteiger partial charge in [-0.2, -0.15) is 0 Å². The molecule has 0 aliphatic heterocycles. The van der Waals surface area contributed by atoms with E-state index >= 15 is 0 Å². The number of nitrogens with zero attached hydrogens (tertiary/aromatic N) is 1. The highest BCUT2D eigenvalue weighted by Gasteiger charge is 2.24. The van der Waals surface area contributed by atoms with Crippen molar-refractivity contribution in [1.82, 2.24) is 4.47 Å². The van der Waals surface area contributed by atoms with Crippen molar-refractivity contribution < 1.29 is 18.0 Å². The second-order valence-corrected chi connectivity index (χ2v) is 5.45. The Morgan fingerprint density at radius 2 is 2.00 bits per heavy atom. The third-order valence-electron chi connectivity index (χ3n) is 2.38. The van der Waals surface area contributed by atoms with Crippen molar-refractivity contribution in [2.75, 3.05) is 26.5 Å². The first kappa shape index (κ1) is 14.7. The molecular weight excluding hydrogens is 256 g/mol. The Morgan fingerprint density at radius 3 is 2.50 bits per heavy atom. The van der Waals surface area contributed by atoms with Crippen LogP contribution in [-0.2, 0) is 14.9 Å². The van der Waals surface area contributed by atoms with Gasteiger partial charge in [-0.25, -0.2) is 8.42 Å². The van der Waals surface area contributed by atoms with E-state index in [-0.39, 0.29) is 11.4 Å². The Kier molecular flexibility index (Phi) is 4.94. The number of rotatable bonds is 6. The molecule has 1 rings (SSSR count). The van der Waals surface area contributed by atoms with Gasteiger partial charge in [0.25, 0.3) is 10.0 Å². The molecule has 0 saturated carbocycles. The van der Waals surface area contributed by atoms with Crippen molar-refractivity contribution in [3.8, 4) is 5.75 Å². The topological polar surface area (TPSA) is 81.9 Å². The highest BCUT2D eigenvalue weighted by Crippen LogP contribution is 2.26. The van der Waals surface area contributed by atoms with Gasteiger partial charge in [-0.1, -0.05) is 11.4 Å². The molecule has 0 aromatic heterocycles. The highest BCUT2D eigenvalue weighted by molar-refractivity contribution is 7.89. The van der Waals surface area contributed by atoms with E-state index in [1.807, 2.05) is 6.92 Å². The third kappa shape index (κ3) is 2.92. The first-order valence-corrected chi connectivity index (χ1v) is 6.91. The van der Waals surface area contributed by atoms with Crippen LogP contribution in [0.25, 0.3) is 0 Å². The molecule has 2 N–H and O–H groups in total. The number of ether oxygens (including phenoxy) is 1. The molecular formula is C11H18N2O4S. The number of nitrogens with two attached hydrogens (primary N) is 1. The maximum Gasteiger partial charge on any atom is 0.265 e. The number of methoxy groups -OCH3 is 1. The quantitative estimate of drug-likeness (QED) is 0.623. The van der Waals surface area contributed by atoms with E-state index in [1.54, 1.807) is 0 Å². The highest BCUT2D eigenvalue weighted by atomic mass is 32.2. The molecule has 0 aliphatic carbocycles. The number of hydroxylamine groups is 1. The Labute approximate surface area is 107 Å². The summed E-state index contributed by atoms with van der Waals surface area (Å²) in [6.45, 7) is 2.15. The van der Waals surface area contributed by atoms with Gasteiger partial charge in [0.15, 0.2) is 0 Å². The summed E-state index contributed by atoms with van der Waals surface area (Å²) >= 11 is 0. The minimum atomic E-state index is -3.69. The largest absolute Gasteiger partial charge is 0.495 e. The molecule has 0 spiro atoms. The predicted octanol–water partition coefficient (Wildman–Crippen LogP) is 1.24. The van der Waals surface area contributed by atoms with Crippen molar-refractivity contribution >= 4 is 15.7 Å². The molecule has 0 unspecified atom stereocenters. The zero-order chi connectivity index (χ0) is 13.8. The van der Waals surface area contributed by atoms with E-state index in [0.717, 1.165) is 4.47 Å². The molecule has 102 valence electrons. The summed E-state index contributed by atoms with van der Waals surface area (Å²) in [4.78, 5) is 4.97. The number of nitrogen functional groups attached to an aromatic ring is 1. The summed E-state index contributed by atoms with van der Waals surface area (Å²) in [6, 6.07) is 4.30. The molecule has 0 aliphatic rings. The third-order valence-corrected chi connectivity index (χ3v) is 4.10. The fourth-order valence-electron chi connectivity index (χ4n) is 1.46. The van der Waals surface area contributed by atoms with Crippen LogP contribution in [0.4, 0.5) is 5.69 Å². The molecule has 0 radical (unpaired) electrons. The normalized spacial score (nSPS) is 11.8. The number of anilines is 1. The lowest BCUT2D eigenvalue weighted by molar-refractivity contribution is -0.0482. The van der Waals surface area contributed by atoms with Crippen LogP contribution in [0.15, 0.2) is 23.1 Å². The summed E-state index contributed by atoms with van der Waals surface area (Å²) in [7, 11) is -0.933. The molecule has 0 amide bonds. The van der Waals surface area contributed by atoms with Crippen LogP contribution < -0.4 is 10.5 Å². The van der Waals surface area contributed by atoms with Gasteiger partial charge >= 0.3 is 0 Å². The van der Waals surface area contributed by atoms with Gasteiger partial charge < -0.3 is 10.5 Å². The summed E-state index contributed by atoms with van der Waals surface area (Å²) in [6.07, 6.45) is 0.652. The van der Waals surface area contributed by atoms with Crippen molar-refractivity contribution in [3.63, 3.8) is 0 Å². The number of sulfonamides is 1. The van der Waals surface area contributed by atoms with E-state index < -0.39 is 10.0 Å². The summed E-state index contributed by atoms with van der Waals surface area (Å²) in [5.41, 5.74) is 6.03. The molecule has 0 saturated heterocycles. The molecule has 0 bridgehead atoms. The van der Waals surface area contributed by atoms with E-state index in [9.17, 15) is 8.42 Å². The second kappa shape index (κ2) is 6.03. The van der Waals surface area contributed by atoms with E-state index in [2.05, 4.69) is 0 Å². The Bertz CT molecular complexity index is 502. The smallest absolute Gasteiger partial charge is 0.265 e. The minimum absolute atomic E-state index is 0.0869. The fourth-order valence-corrected chi connectivity index (χ4v) is 2.81. The second-order valence-electron chi connectivity index (χ2n) is 3.62. The SMILES string of the molecule is CCCN(OC)S(=O)(=O)c1ccc(N)c(OC)c1. The van der Waals surface area contributed by atoms with E-state index in [1.165, 1.54) is 32.4 Å². The number of benzene rings is 1. The zero-order valence-corrected chi connectivity index (χ0v) is 11.5. The molecule has 0 heterocycles. The lowest BCUT2D eigenvalue weighted by Gasteiger charge is -2.19. The summed E-state index contributed by atoms with van der Waals surface area (Å²) in [5.74, 6) is 0.323. The van der Waals surface area contributed by atoms with Gasteiger partial charge in [0.05, 0.1) is 24.8 Å². The fraction of sp³-hybridized carbons (Fsp3) is 0.455. The van der Waals surface area contributed by atoms with Gasteiger partial charge in [0, 0.05) is 12.6 Å². The Balaban J connectivity index is 3.19. The average molecular weight is 274 g/mol. The van der Waals surface area contributed by atoms with Gasteiger partial charge in [-0.3, -0.25) is 4.84 Å². The molecule has 6 nitrogen and oxygen atoms in total. The number of hydrogen-bond donors (Lipinski definition) is 1. The van der Waals surface area contributed by atoms with Gasteiger partial charge in [-0.05, 0) is 18.6 Å². The van der Waals surface area contributed by atoms with Crippen LogP contribution in [0.3, 0.4) is 0 Å².